The molecule has 7 nitrogen and oxygen atoms in total. The molecule has 0 saturated carbocycles. The zero-order valence-corrected chi connectivity index (χ0v) is 17.0. The molecule has 0 spiro atoms. The van der Waals surface area contributed by atoms with Gasteiger partial charge in [0, 0.05) is 24.7 Å². The van der Waals surface area contributed by atoms with Gasteiger partial charge in [-0.15, -0.1) is 0 Å². The van der Waals surface area contributed by atoms with Crippen molar-refractivity contribution >= 4 is 28.9 Å². The fourth-order valence-corrected chi connectivity index (χ4v) is 3.50. The number of aryl methyl sites for hydroxylation is 2. The van der Waals surface area contributed by atoms with E-state index in [1.807, 2.05) is 0 Å². The minimum absolute atomic E-state index is 0.0213. The van der Waals surface area contributed by atoms with Crippen LogP contribution in [0.3, 0.4) is 0 Å². The summed E-state index contributed by atoms with van der Waals surface area (Å²) in [6.45, 7) is 0.0213. The van der Waals surface area contributed by atoms with Crippen LogP contribution in [0.4, 0.5) is 18.9 Å². The van der Waals surface area contributed by atoms with Gasteiger partial charge in [0.1, 0.15) is 0 Å². The highest BCUT2D eigenvalue weighted by Gasteiger charge is 2.32. The van der Waals surface area contributed by atoms with Crippen LogP contribution in [0.2, 0.25) is 0 Å². The molecule has 0 radical (unpaired) electrons. The van der Waals surface area contributed by atoms with E-state index in [0.717, 1.165) is 6.07 Å². The standard InChI is InChI=1S/C22H20F3N3O4/c1-28-17-9-8-14(27-12-29)11-15(17)18(19(30)21(28)32)20(31)26-10-4-6-13-5-2-3-7-16(13)22(23,24)25/h2-3,5,7-9,11-12,30H,4,6,10H2,1H3,(H,26,31)(H,27,29). The van der Waals surface area contributed by atoms with Gasteiger partial charge in [-0.2, -0.15) is 13.2 Å². The van der Waals surface area contributed by atoms with Crippen molar-refractivity contribution in [2.45, 2.75) is 19.0 Å². The zero-order valence-electron chi connectivity index (χ0n) is 17.0. The molecule has 0 aliphatic rings. The first-order valence-corrected chi connectivity index (χ1v) is 9.64. The molecular weight excluding hydrogens is 427 g/mol. The first-order chi connectivity index (χ1) is 15.1. The number of amides is 2. The molecule has 0 aliphatic heterocycles. The number of carbonyl (C=O) groups is 2. The summed E-state index contributed by atoms with van der Waals surface area (Å²) >= 11 is 0. The van der Waals surface area contributed by atoms with Gasteiger partial charge in [0.05, 0.1) is 16.6 Å². The number of aromatic hydroxyl groups is 1. The fraction of sp³-hybridized carbons (Fsp3) is 0.227. The van der Waals surface area contributed by atoms with Crippen molar-refractivity contribution < 1.29 is 27.9 Å². The van der Waals surface area contributed by atoms with Crippen LogP contribution in [-0.4, -0.2) is 28.5 Å². The number of halogens is 3. The number of aromatic nitrogens is 1. The van der Waals surface area contributed by atoms with Gasteiger partial charge in [-0.1, -0.05) is 18.2 Å². The predicted molar refractivity (Wildman–Crippen MR) is 113 cm³/mol. The second-order valence-corrected chi connectivity index (χ2v) is 7.10. The summed E-state index contributed by atoms with van der Waals surface area (Å²) < 4.78 is 40.5. The maximum atomic E-state index is 13.1. The van der Waals surface area contributed by atoms with E-state index < -0.39 is 29.0 Å². The van der Waals surface area contributed by atoms with Crippen molar-refractivity contribution in [3.8, 4) is 5.75 Å². The van der Waals surface area contributed by atoms with Gasteiger partial charge in [0.2, 0.25) is 6.41 Å². The Morgan fingerprint density at radius 1 is 1.19 bits per heavy atom. The number of alkyl halides is 3. The second kappa shape index (κ2) is 9.13. The fourth-order valence-electron chi connectivity index (χ4n) is 3.50. The Bertz CT molecular complexity index is 1240. The molecule has 0 atom stereocenters. The molecule has 2 amide bonds. The summed E-state index contributed by atoms with van der Waals surface area (Å²) in [7, 11) is 1.43. The summed E-state index contributed by atoms with van der Waals surface area (Å²) in [5.74, 6) is -1.51. The first kappa shape index (κ1) is 22.9. The second-order valence-electron chi connectivity index (χ2n) is 7.10. The van der Waals surface area contributed by atoms with Crippen LogP contribution < -0.4 is 16.2 Å². The molecule has 3 rings (SSSR count). The third-order valence-corrected chi connectivity index (χ3v) is 5.06. The lowest BCUT2D eigenvalue weighted by Gasteiger charge is -2.14. The highest BCUT2D eigenvalue weighted by atomic mass is 19.4. The van der Waals surface area contributed by atoms with Crippen molar-refractivity contribution in [2.75, 3.05) is 11.9 Å². The maximum absolute atomic E-state index is 13.1. The Hall–Kier alpha value is -3.82. The number of carbonyl (C=O) groups excluding carboxylic acids is 2. The van der Waals surface area contributed by atoms with Crippen LogP contribution in [0.1, 0.15) is 27.9 Å². The van der Waals surface area contributed by atoms with Crippen LogP contribution in [0.5, 0.6) is 5.75 Å². The van der Waals surface area contributed by atoms with Crippen LogP contribution in [0.15, 0.2) is 47.3 Å². The SMILES string of the molecule is Cn1c(=O)c(O)c(C(=O)NCCCc2ccccc2C(F)(F)F)c2cc(NC=O)ccc21. The van der Waals surface area contributed by atoms with Crippen LogP contribution >= 0.6 is 0 Å². The molecule has 2 aromatic carbocycles. The Morgan fingerprint density at radius 2 is 1.91 bits per heavy atom. The van der Waals surface area contributed by atoms with E-state index in [9.17, 15) is 32.7 Å². The molecule has 3 aromatic rings. The molecule has 0 saturated heterocycles. The third kappa shape index (κ3) is 4.58. The Balaban J connectivity index is 1.81. The number of anilines is 1. The Kier molecular flexibility index (Phi) is 6.52. The molecule has 0 fully saturated rings. The highest BCUT2D eigenvalue weighted by molar-refractivity contribution is 6.09. The lowest BCUT2D eigenvalue weighted by Crippen LogP contribution is -2.28. The average molecular weight is 447 g/mol. The van der Waals surface area contributed by atoms with Gasteiger partial charge in [-0.3, -0.25) is 14.4 Å². The molecule has 0 unspecified atom stereocenters. The van der Waals surface area contributed by atoms with Crippen LogP contribution in [0, 0.1) is 0 Å². The van der Waals surface area contributed by atoms with Crippen molar-refractivity contribution in [1.82, 2.24) is 9.88 Å². The van der Waals surface area contributed by atoms with Gasteiger partial charge in [0.25, 0.3) is 11.5 Å². The monoisotopic (exact) mass is 447 g/mol. The first-order valence-electron chi connectivity index (χ1n) is 9.64. The predicted octanol–water partition coefficient (Wildman–Crippen LogP) is 3.19. The smallest absolute Gasteiger partial charge is 0.416 e. The molecule has 10 heteroatoms. The minimum Gasteiger partial charge on any atom is -0.502 e. The third-order valence-electron chi connectivity index (χ3n) is 5.06. The summed E-state index contributed by atoms with van der Waals surface area (Å²) in [5.41, 5.74) is -0.958. The van der Waals surface area contributed by atoms with E-state index in [4.69, 9.17) is 0 Å². The summed E-state index contributed by atoms with van der Waals surface area (Å²) in [6, 6.07) is 9.70. The van der Waals surface area contributed by atoms with Crippen molar-refractivity contribution in [1.29, 1.82) is 0 Å². The molecule has 3 N–H and O–H groups in total. The van der Waals surface area contributed by atoms with Crippen molar-refractivity contribution in [3.05, 3.63) is 69.5 Å². The van der Waals surface area contributed by atoms with Crippen LogP contribution in [0.25, 0.3) is 10.9 Å². The Labute approximate surface area is 180 Å². The quantitative estimate of drug-likeness (QED) is 0.383. The van der Waals surface area contributed by atoms with Crippen molar-refractivity contribution in [2.24, 2.45) is 7.05 Å². The summed E-state index contributed by atoms with van der Waals surface area (Å²) in [6.07, 6.45) is -3.74. The Morgan fingerprint density at radius 3 is 2.59 bits per heavy atom. The molecule has 32 heavy (non-hydrogen) atoms. The molecule has 168 valence electrons. The van der Waals surface area contributed by atoms with E-state index in [2.05, 4.69) is 10.6 Å². The lowest BCUT2D eigenvalue weighted by molar-refractivity contribution is -0.138. The highest BCUT2D eigenvalue weighted by Crippen LogP contribution is 2.32. The number of fused-ring (bicyclic) bond motifs is 1. The topological polar surface area (TPSA) is 100 Å². The number of hydrogen-bond donors (Lipinski definition) is 3. The molecule has 1 aromatic heterocycles. The van der Waals surface area contributed by atoms with Gasteiger partial charge in [0.15, 0.2) is 5.75 Å². The number of hydrogen-bond acceptors (Lipinski definition) is 4. The zero-order chi connectivity index (χ0) is 23.5. The van der Waals surface area contributed by atoms with Gasteiger partial charge < -0.3 is 20.3 Å². The summed E-state index contributed by atoms with van der Waals surface area (Å²) in [4.78, 5) is 35.8. The number of benzene rings is 2. The minimum atomic E-state index is -4.47. The van der Waals surface area contributed by atoms with Gasteiger partial charge in [-0.05, 0) is 42.7 Å². The molecule has 0 bridgehead atoms. The number of nitrogens with one attached hydrogen (secondary N) is 2. The van der Waals surface area contributed by atoms with E-state index >= 15 is 0 Å². The molecule has 1 heterocycles. The van der Waals surface area contributed by atoms with Crippen LogP contribution in [-0.2, 0) is 24.4 Å². The maximum Gasteiger partial charge on any atom is 0.416 e. The lowest BCUT2D eigenvalue weighted by atomic mass is 10.0. The van der Waals surface area contributed by atoms with Gasteiger partial charge in [-0.25, -0.2) is 0 Å². The van der Waals surface area contributed by atoms with E-state index in [0.29, 0.717) is 17.6 Å². The summed E-state index contributed by atoms with van der Waals surface area (Å²) in [5, 5.41) is 15.5. The number of rotatable bonds is 7. The van der Waals surface area contributed by atoms with E-state index in [-0.39, 0.29) is 35.9 Å². The van der Waals surface area contributed by atoms with Gasteiger partial charge >= 0.3 is 6.18 Å². The van der Waals surface area contributed by atoms with E-state index in [1.54, 1.807) is 0 Å². The average Bonchev–Trinajstić information content (AvgIpc) is 2.75. The number of pyridine rings is 1. The molecule has 0 aliphatic carbocycles. The largest absolute Gasteiger partial charge is 0.502 e. The number of nitrogens with zero attached hydrogens (tertiary/aromatic N) is 1. The normalized spacial score (nSPS) is 11.4. The van der Waals surface area contributed by atoms with E-state index in [1.165, 1.54) is 48.0 Å². The van der Waals surface area contributed by atoms with Crippen molar-refractivity contribution in [3.63, 3.8) is 0 Å². The molecular formula is C22H20F3N3O4.